The first-order chi connectivity index (χ1) is 11.2. The SMILES string of the molecule is COc1ccc(Nc2nc(C(=O)N3CCNC[C@@H]3C)cs2)cc1. The van der Waals surface area contributed by atoms with Crippen LogP contribution < -0.4 is 15.4 Å². The van der Waals surface area contributed by atoms with Gasteiger partial charge >= 0.3 is 0 Å². The van der Waals surface area contributed by atoms with Gasteiger partial charge in [0.15, 0.2) is 5.13 Å². The molecule has 122 valence electrons. The summed E-state index contributed by atoms with van der Waals surface area (Å²) >= 11 is 1.43. The predicted molar refractivity (Wildman–Crippen MR) is 91.8 cm³/mol. The van der Waals surface area contributed by atoms with Crippen molar-refractivity contribution in [3.05, 3.63) is 35.3 Å². The molecule has 1 atom stereocenters. The Labute approximate surface area is 139 Å². The van der Waals surface area contributed by atoms with Crippen molar-refractivity contribution in [1.82, 2.24) is 15.2 Å². The molecule has 0 saturated carbocycles. The van der Waals surface area contributed by atoms with Crippen LogP contribution in [0.15, 0.2) is 29.6 Å². The van der Waals surface area contributed by atoms with Gasteiger partial charge in [0, 0.05) is 36.7 Å². The molecule has 0 bridgehead atoms. The van der Waals surface area contributed by atoms with E-state index in [9.17, 15) is 4.79 Å². The van der Waals surface area contributed by atoms with Gasteiger partial charge in [0.1, 0.15) is 11.4 Å². The number of anilines is 2. The second-order valence-electron chi connectivity index (χ2n) is 5.44. The van der Waals surface area contributed by atoms with Gasteiger partial charge in [-0.3, -0.25) is 4.79 Å². The maximum absolute atomic E-state index is 12.6. The molecule has 1 aliphatic rings. The van der Waals surface area contributed by atoms with Crippen molar-refractivity contribution in [2.24, 2.45) is 0 Å². The number of hydrogen-bond acceptors (Lipinski definition) is 6. The quantitative estimate of drug-likeness (QED) is 0.899. The predicted octanol–water partition coefficient (Wildman–Crippen LogP) is 2.33. The van der Waals surface area contributed by atoms with Crippen molar-refractivity contribution in [2.75, 3.05) is 32.1 Å². The summed E-state index contributed by atoms with van der Waals surface area (Å²) in [5, 5.41) is 9.02. The Morgan fingerprint density at radius 1 is 1.43 bits per heavy atom. The number of amides is 1. The summed E-state index contributed by atoms with van der Waals surface area (Å²) in [5.41, 5.74) is 1.41. The standard InChI is InChI=1S/C16H20N4O2S/c1-11-9-17-7-8-20(11)15(21)14-10-23-16(19-14)18-12-3-5-13(22-2)6-4-12/h3-6,10-11,17H,7-9H2,1-2H3,(H,18,19)/t11-/m0/s1. The van der Waals surface area contributed by atoms with Gasteiger partial charge < -0.3 is 20.3 Å². The fraction of sp³-hybridized carbons (Fsp3) is 0.375. The van der Waals surface area contributed by atoms with E-state index in [0.717, 1.165) is 31.1 Å². The number of rotatable bonds is 4. The molecular formula is C16H20N4O2S. The van der Waals surface area contributed by atoms with Crippen LogP contribution in [0.2, 0.25) is 0 Å². The zero-order chi connectivity index (χ0) is 16.2. The van der Waals surface area contributed by atoms with Crippen LogP contribution in [0.5, 0.6) is 5.75 Å². The number of aromatic nitrogens is 1. The number of thiazole rings is 1. The number of hydrogen-bond donors (Lipinski definition) is 2. The molecule has 1 aromatic heterocycles. The molecule has 0 aliphatic carbocycles. The van der Waals surface area contributed by atoms with Gasteiger partial charge in [-0.1, -0.05) is 0 Å². The van der Waals surface area contributed by atoms with E-state index in [0.29, 0.717) is 10.8 Å². The highest BCUT2D eigenvalue weighted by Crippen LogP contribution is 2.23. The lowest BCUT2D eigenvalue weighted by molar-refractivity contribution is 0.0650. The third-order valence-corrected chi connectivity index (χ3v) is 4.58. The van der Waals surface area contributed by atoms with Crippen LogP contribution in [-0.2, 0) is 0 Å². The topological polar surface area (TPSA) is 66.5 Å². The molecule has 2 heterocycles. The van der Waals surface area contributed by atoms with E-state index in [1.54, 1.807) is 7.11 Å². The Morgan fingerprint density at radius 2 is 2.22 bits per heavy atom. The van der Waals surface area contributed by atoms with Gasteiger partial charge in [-0.2, -0.15) is 0 Å². The molecule has 2 N–H and O–H groups in total. The minimum Gasteiger partial charge on any atom is -0.497 e. The molecule has 23 heavy (non-hydrogen) atoms. The molecule has 1 amide bonds. The Balaban J connectivity index is 1.68. The van der Waals surface area contributed by atoms with E-state index in [4.69, 9.17) is 4.74 Å². The Bertz CT molecular complexity index is 671. The maximum Gasteiger partial charge on any atom is 0.273 e. The largest absolute Gasteiger partial charge is 0.497 e. The molecule has 1 fully saturated rings. The van der Waals surface area contributed by atoms with E-state index >= 15 is 0 Å². The molecule has 0 spiro atoms. The second-order valence-corrected chi connectivity index (χ2v) is 6.30. The number of benzene rings is 1. The highest BCUT2D eigenvalue weighted by Gasteiger charge is 2.25. The Morgan fingerprint density at radius 3 is 2.91 bits per heavy atom. The van der Waals surface area contributed by atoms with Gasteiger partial charge in [-0.15, -0.1) is 11.3 Å². The number of methoxy groups -OCH3 is 1. The molecule has 2 aromatic rings. The van der Waals surface area contributed by atoms with Crippen LogP contribution in [-0.4, -0.2) is 48.6 Å². The summed E-state index contributed by atoms with van der Waals surface area (Å²) in [5.74, 6) is 0.802. The van der Waals surface area contributed by atoms with Crippen LogP contribution in [0, 0.1) is 0 Å². The average molecular weight is 332 g/mol. The van der Waals surface area contributed by atoms with E-state index in [1.165, 1.54) is 11.3 Å². The molecule has 0 unspecified atom stereocenters. The lowest BCUT2D eigenvalue weighted by Gasteiger charge is -2.33. The smallest absolute Gasteiger partial charge is 0.273 e. The average Bonchev–Trinajstić information content (AvgIpc) is 3.04. The van der Waals surface area contributed by atoms with E-state index < -0.39 is 0 Å². The van der Waals surface area contributed by atoms with Gasteiger partial charge in [0.2, 0.25) is 0 Å². The molecule has 0 radical (unpaired) electrons. The van der Waals surface area contributed by atoms with Gasteiger partial charge in [-0.25, -0.2) is 4.98 Å². The Hall–Kier alpha value is -2.12. The summed E-state index contributed by atoms with van der Waals surface area (Å²) in [6.07, 6.45) is 0. The highest BCUT2D eigenvalue weighted by atomic mass is 32.1. The second kappa shape index (κ2) is 6.97. The zero-order valence-electron chi connectivity index (χ0n) is 13.2. The fourth-order valence-electron chi connectivity index (χ4n) is 2.52. The number of piperazine rings is 1. The minimum absolute atomic E-state index is 0.00182. The number of nitrogens with zero attached hydrogens (tertiary/aromatic N) is 2. The third-order valence-electron chi connectivity index (χ3n) is 3.83. The van der Waals surface area contributed by atoms with E-state index in [1.807, 2.05) is 41.5 Å². The van der Waals surface area contributed by atoms with E-state index in [2.05, 4.69) is 15.6 Å². The van der Waals surface area contributed by atoms with Crippen LogP contribution in [0.4, 0.5) is 10.8 Å². The van der Waals surface area contributed by atoms with E-state index in [-0.39, 0.29) is 11.9 Å². The lowest BCUT2D eigenvalue weighted by Crippen LogP contribution is -2.52. The van der Waals surface area contributed by atoms with Gasteiger partial charge in [0.05, 0.1) is 7.11 Å². The summed E-state index contributed by atoms with van der Waals surface area (Å²) in [7, 11) is 1.64. The van der Waals surface area contributed by atoms with Crippen molar-refractivity contribution in [2.45, 2.75) is 13.0 Å². The van der Waals surface area contributed by atoms with Crippen molar-refractivity contribution in [3.63, 3.8) is 0 Å². The van der Waals surface area contributed by atoms with Crippen LogP contribution >= 0.6 is 11.3 Å². The number of carbonyl (C=O) groups is 1. The number of nitrogens with one attached hydrogen (secondary N) is 2. The Kier molecular flexibility index (Phi) is 4.78. The van der Waals surface area contributed by atoms with Gasteiger partial charge in [0.25, 0.3) is 5.91 Å². The first-order valence-corrected chi connectivity index (χ1v) is 8.43. The normalized spacial score (nSPS) is 17.8. The molecular weight excluding hydrogens is 312 g/mol. The molecule has 3 rings (SSSR count). The van der Waals surface area contributed by atoms with Crippen LogP contribution in [0.3, 0.4) is 0 Å². The van der Waals surface area contributed by atoms with Crippen molar-refractivity contribution in [3.8, 4) is 5.75 Å². The monoisotopic (exact) mass is 332 g/mol. The number of ether oxygens (including phenoxy) is 1. The minimum atomic E-state index is -0.00182. The summed E-state index contributed by atoms with van der Waals surface area (Å²) < 4.78 is 5.14. The molecule has 7 heteroatoms. The summed E-state index contributed by atoms with van der Waals surface area (Å²) in [6, 6.07) is 7.78. The van der Waals surface area contributed by atoms with Crippen molar-refractivity contribution < 1.29 is 9.53 Å². The van der Waals surface area contributed by atoms with Gasteiger partial charge in [-0.05, 0) is 31.2 Å². The first kappa shape index (κ1) is 15.8. The van der Waals surface area contributed by atoms with Crippen molar-refractivity contribution >= 4 is 28.1 Å². The maximum atomic E-state index is 12.6. The zero-order valence-corrected chi connectivity index (χ0v) is 14.0. The molecule has 1 aromatic carbocycles. The summed E-state index contributed by atoms with van der Waals surface area (Å²) in [4.78, 5) is 18.9. The first-order valence-electron chi connectivity index (χ1n) is 7.55. The highest BCUT2D eigenvalue weighted by molar-refractivity contribution is 7.14. The molecule has 6 nitrogen and oxygen atoms in total. The lowest BCUT2D eigenvalue weighted by atomic mass is 10.2. The fourth-order valence-corrected chi connectivity index (χ4v) is 3.22. The third kappa shape index (κ3) is 3.62. The molecule has 1 saturated heterocycles. The van der Waals surface area contributed by atoms with Crippen LogP contribution in [0.1, 0.15) is 17.4 Å². The van der Waals surface area contributed by atoms with Crippen molar-refractivity contribution in [1.29, 1.82) is 0 Å². The molecule has 1 aliphatic heterocycles. The van der Waals surface area contributed by atoms with Crippen LogP contribution in [0.25, 0.3) is 0 Å². The number of carbonyl (C=O) groups excluding carboxylic acids is 1. The summed E-state index contributed by atoms with van der Waals surface area (Å²) in [6.45, 7) is 4.43.